The predicted molar refractivity (Wildman–Crippen MR) is 57.6 cm³/mol. The Morgan fingerprint density at radius 1 is 1.31 bits per heavy atom. The van der Waals surface area contributed by atoms with E-state index in [4.69, 9.17) is 0 Å². The smallest absolute Gasteiger partial charge is 0.0224 e. The average molecular weight is 175 g/mol. The van der Waals surface area contributed by atoms with Gasteiger partial charge in [0.05, 0.1) is 0 Å². The van der Waals surface area contributed by atoms with Crippen LogP contribution < -0.4 is 5.32 Å². The lowest BCUT2D eigenvalue weighted by Crippen LogP contribution is -2.22. The van der Waals surface area contributed by atoms with Gasteiger partial charge in [-0.2, -0.15) is 0 Å². The summed E-state index contributed by atoms with van der Waals surface area (Å²) in [5.74, 6) is 0. The Morgan fingerprint density at radius 3 is 2.62 bits per heavy atom. The van der Waals surface area contributed by atoms with Crippen LogP contribution in [-0.2, 0) is 6.54 Å². The van der Waals surface area contributed by atoms with Gasteiger partial charge in [0.1, 0.15) is 0 Å². The predicted octanol–water partition coefficient (Wildman–Crippen LogP) is 2.74. The molecule has 1 aromatic carbocycles. The second kappa shape index (κ2) is 5.55. The topological polar surface area (TPSA) is 12.0 Å². The summed E-state index contributed by atoms with van der Waals surface area (Å²) in [4.78, 5) is 0. The first-order valence-electron chi connectivity index (χ1n) is 4.73. The van der Waals surface area contributed by atoms with Gasteiger partial charge in [-0.25, -0.2) is 0 Å². The monoisotopic (exact) mass is 175 g/mol. The van der Waals surface area contributed by atoms with Crippen LogP contribution >= 0.6 is 0 Å². The molecule has 0 saturated heterocycles. The van der Waals surface area contributed by atoms with Gasteiger partial charge in [0.15, 0.2) is 0 Å². The van der Waals surface area contributed by atoms with Crippen LogP contribution in [0.1, 0.15) is 19.4 Å². The second-order valence-electron chi connectivity index (χ2n) is 3.18. The second-order valence-corrected chi connectivity index (χ2v) is 3.18. The highest BCUT2D eigenvalue weighted by Crippen LogP contribution is 1.98. The van der Waals surface area contributed by atoms with Crippen molar-refractivity contribution in [3.63, 3.8) is 0 Å². The van der Waals surface area contributed by atoms with Gasteiger partial charge in [-0.3, -0.25) is 0 Å². The van der Waals surface area contributed by atoms with Crippen molar-refractivity contribution in [3.05, 3.63) is 48.0 Å². The van der Waals surface area contributed by atoms with E-state index in [1.807, 2.05) is 13.0 Å². The van der Waals surface area contributed by atoms with E-state index in [0.29, 0.717) is 6.04 Å². The third kappa shape index (κ3) is 3.90. The lowest BCUT2D eigenvalue weighted by atomic mass is 10.2. The fraction of sp³-hybridized carbons (Fsp3) is 0.333. The summed E-state index contributed by atoms with van der Waals surface area (Å²) >= 11 is 0. The van der Waals surface area contributed by atoms with Crippen LogP contribution in [0.3, 0.4) is 0 Å². The molecule has 1 rings (SSSR count). The van der Waals surface area contributed by atoms with Gasteiger partial charge in [0.25, 0.3) is 0 Å². The number of rotatable bonds is 4. The lowest BCUT2D eigenvalue weighted by molar-refractivity contribution is 0.633. The quantitative estimate of drug-likeness (QED) is 0.694. The number of hydrogen-bond donors (Lipinski definition) is 1. The number of hydrogen-bond acceptors (Lipinski definition) is 1. The molecule has 0 unspecified atom stereocenters. The molecule has 1 N–H and O–H groups in total. The van der Waals surface area contributed by atoms with Crippen LogP contribution in [0.4, 0.5) is 0 Å². The van der Waals surface area contributed by atoms with E-state index >= 15 is 0 Å². The molecule has 0 bridgehead atoms. The van der Waals surface area contributed by atoms with Gasteiger partial charge in [0.2, 0.25) is 0 Å². The maximum Gasteiger partial charge on any atom is 0.0224 e. The van der Waals surface area contributed by atoms with Gasteiger partial charge in [-0.1, -0.05) is 42.5 Å². The normalized spacial score (nSPS) is 13.4. The largest absolute Gasteiger partial charge is 0.307 e. The summed E-state index contributed by atoms with van der Waals surface area (Å²) in [6.07, 6.45) is 4.23. The molecule has 0 aromatic heterocycles. The Labute approximate surface area is 80.5 Å². The first kappa shape index (κ1) is 10.0. The van der Waals surface area contributed by atoms with Crippen molar-refractivity contribution in [2.75, 3.05) is 0 Å². The fourth-order valence-electron chi connectivity index (χ4n) is 1.23. The van der Waals surface area contributed by atoms with Crippen molar-refractivity contribution in [3.8, 4) is 0 Å². The Balaban J connectivity index is 2.35. The van der Waals surface area contributed by atoms with Gasteiger partial charge < -0.3 is 5.32 Å². The Bertz CT molecular complexity index is 251. The third-order valence-electron chi connectivity index (χ3n) is 1.95. The van der Waals surface area contributed by atoms with Crippen LogP contribution in [0.2, 0.25) is 0 Å². The van der Waals surface area contributed by atoms with E-state index in [-0.39, 0.29) is 0 Å². The summed E-state index contributed by atoms with van der Waals surface area (Å²) in [5, 5.41) is 3.41. The fourth-order valence-corrected chi connectivity index (χ4v) is 1.23. The molecule has 0 aliphatic carbocycles. The lowest BCUT2D eigenvalue weighted by Gasteiger charge is -2.08. The highest BCUT2D eigenvalue weighted by atomic mass is 14.9. The van der Waals surface area contributed by atoms with E-state index in [1.54, 1.807) is 0 Å². The first-order chi connectivity index (χ1) is 6.33. The van der Waals surface area contributed by atoms with Crippen molar-refractivity contribution in [1.29, 1.82) is 0 Å². The van der Waals surface area contributed by atoms with Crippen LogP contribution in [-0.4, -0.2) is 6.04 Å². The molecular formula is C12H17N. The maximum atomic E-state index is 3.41. The third-order valence-corrected chi connectivity index (χ3v) is 1.95. The summed E-state index contributed by atoms with van der Waals surface area (Å²) in [6.45, 7) is 5.13. The Morgan fingerprint density at radius 2 is 2.00 bits per heavy atom. The van der Waals surface area contributed by atoms with Crippen molar-refractivity contribution < 1.29 is 0 Å². The molecule has 0 saturated carbocycles. The van der Waals surface area contributed by atoms with Gasteiger partial charge in [-0.05, 0) is 19.4 Å². The molecule has 0 amide bonds. The van der Waals surface area contributed by atoms with Crippen LogP contribution in [0.15, 0.2) is 42.5 Å². The van der Waals surface area contributed by atoms with Crippen molar-refractivity contribution in [2.24, 2.45) is 0 Å². The molecule has 0 aliphatic rings. The molecule has 1 heteroatoms. The van der Waals surface area contributed by atoms with Gasteiger partial charge >= 0.3 is 0 Å². The zero-order chi connectivity index (χ0) is 9.52. The first-order valence-corrected chi connectivity index (χ1v) is 4.73. The number of benzene rings is 1. The molecule has 1 nitrogen and oxygen atoms in total. The summed E-state index contributed by atoms with van der Waals surface area (Å²) in [6, 6.07) is 10.9. The van der Waals surface area contributed by atoms with Crippen LogP contribution in [0.5, 0.6) is 0 Å². The SMILES string of the molecule is C/C=C/[C@@H](C)NCc1ccccc1. The van der Waals surface area contributed by atoms with E-state index in [2.05, 4.69) is 48.7 Å². The van der Waals surface area contributed by atoms with E-state index in [9.17, 15) is 0 Å². The van der Waals surface area contributed by atoms with Crippen LogP contribution in [0, 0.1) is 0 Å². The molecule has 0 heterocycles. The van der Waals surface area contributed by atoms with E-state index in [0.717, 1.165) is 6.54 Å². The molecule has 0 radical (unpaired) electrons. The molecule has 0 aliphatic heterocycles. The molecule has 13 heavy (non-hydrogen) atoms. The van der Waals surface area contributed by atoms with Gasteiger partial charge in [-0.15, -0.1) is 0 Å². The maximum absolute atomic E-state index is 3.41. The molecule has 0 spiro atoms. The molecular weight excluding hydrogens is 158 g/mol. The standard InChI is InChI=1S/C12H17N/c1-3-7-11(2)13-10-12-8-5-4-6-9-12/h3-9,11,13H,10H2,1-2H3/b7-3+/t11-/m1/s1. The van der Waals surface area contributed by atoms with Crippen molar-refractivity contribution >= 4 is 0 Å². The zero-order valence-electron chi connectivity index (χ0n) is 8.33. The van der Waals surface area contributed by atoms with E-state index < -0.39 is 0 Å². The zero-order valence-corrected chi connectivity index (χ0v) is 8.33. The summed E-state index contributed by atoms with van der Waals surface area (Å²) in [7, 11) is 0. The molecule has 70 valence electrons. The van der Waals surface area contributed by atoms with Crippen molar-refractivity contribution in [2.45, 2.75) is 26.4 Å². The average Bonchev–Trinajstić information content (AvgIpc) is 2.17. The van der Waals surface area contributed by atoms with Crippen molar-refractivity contribution in [1.82, 2.24) is 5.32 Å². The van der Waals surface area contributed by atoms with E-state index in [1.165, 1.54) is 5.56 Å². The highest BCUT2D eigenvalue weighted by Gasteiger charge is 1.94. The Kier molecular flexibility index (Phi) is 4.27. The van der Waals surface area contributed by atoms with Crippen LogP contribution in [0.25, 0.3) is 0 Å². The number of nitrogens with one attached hydrogen (secondary N) is 1. The minimum atomic E-state index is 0.449. The molecule has 1 atom stereocenters. The molecule has 0 fully saturated rings. The Hall–Kier alpha value is -1.08. The molecule has 1 aromatic rings. The summed E-state index contributed by atoms with van der Waals surface area (Å²) < 4.78 is 0. The highest BCUT2D eigenvalue weighted by molar-refractivity contribution is 5.14. The minimum Gasteiger partial charge on any atom is -0.307 e. The summed E-state index contributed by atoms with van der Waals surface area (Å²) in [5.41, 5.74) is 1.33. The minimum absolute atomic E-state index is 0.449. The van der Waals surface area contributed by atoms with Gasteiger partial charge in [0, 0.05) is 12.6 Å². The number of allylic oxidation sites excluding steroid dienone is 1.